The molecule has 0 amide bonds. The van der Waals surface area contributed by atoms with E-state index in [1.807, 2.05) is 19.6 Å². The van der Waals surface area contributed by atoms with Crippen LogP contribution in [0.4, 0.5) is 5.82 Å². The van der Waals surface area contributed by atoms with Crippen molar-refractivity contribution in [3.8, 4) is 11.5 Å². The quantitative estimate of drug-likeness (QED) is 0.804. The van der Waals surface area contributed by atoms with Gasteiger partial charge in [-0.25, -0.2) is 15.0 Å². The largest absolute Gasteiger partial charge is 0.372 e. The number of hydrogen-bond donors (Lipinski definition) is 1. The van der Waals surface area contributed by atoms with Crippen LogP contribution in [-0.2, 0) is 5.41 Å². The van der Waals surface area contributed by atoms with Gasteiger partial charge in [0.15, 0.2) is 5.82 Å². The van der Waals surface area contributed by atoms with Crippen LogP contribution in [0.25, 0.3) is 11.5 Å². The van der Waals surface area contributed by atoms with E-state index >= 15 is 0 Å². The highest BCUT2D eigenvalue weighted by molar-refractivity contribution is 14.1. The summed E-state index contributed by atoms with van der Waals surface area (Å²) in [6, 6.07) is 0.571. The first kappa shape index (κ1) is 14.7. The normalized spacial score (nSPS) is 15.3. The van der Waals surface area contributed by atoms with Gasteiger partial charge >= 0.3 is 0 Å². The second kappa shape index (κ2) is 5.23. The predicted molar refractivity (Wildman–Crippen MR) is 92.5 cm³/mol. The fourth-order valence-electron chi connectivity index (χ4n) is 2.35. The number of nitrogens with one attached hydrogen (secondary N) is 1. The van der Waals surface area contributed by atoms with Crippen molar-refractivity contribution >= 4 is 28.4 Å². The van der Waals surface area contributed by atoms with Crippen LogP contribution >= 0.6 is 22.6 Å². The van der Waals surface area contributed by atoms with Crippen molar-refractivity contribution in [1.82, 2.24) is 19.5 Å². The fourth-order valence-corrected chi connectivity index (χ4v) is 3.67. The van der Waals surface area contributed by atoms with Gasteiger partial charge in [0.05, 0.1) is 21.8 Å². The van der Waals surface area contributed by atoms with Gasteiger partial charge in [-0.2, -0.15) is 0 Å². The lowest BCUT2D eigenvalue weighted by Crippen LogP contribution is -2.18. The molecule has 0 radical (unpaired) electrons. The zero-order valence-corrected chi connectivity index (χ0v) is 15.0. The number of hydrogen-bond acceptors (Lipinski definition) is 4. The molecule has 1 aliphatic carbocycles. The monoisotopic (exact) mass is 397 g/mol. The van der Waals surface area contributed by atoms with Gasteiger partial charge in [-0.05, 0) is 35.4 Å². The van der Waals surface area contributed by atoms with Crippen LogP contribution in [-0.4, -0.2) is 26.6 Å². The van der Waals surface area contributed by atoms with Crippen LogP contribution in [0, 0.1) is 3.57 Å². The van der Waals surface area contributed by atoms with Crippen molar-refractivity contribution in [3.05, 3.63) is 21.8 Å². The lowest BCUT2D eigenvalue weighted by atomic mass is 9.92. The summed E-state index contributed by atoms with van der Waals surface area (Å²) in [4.78, 5) is 13.8. The van der Waals surface area contributed by atoms with Crippen molar-refractivity contribution in [2.45, 2.75) is 45.1 Å². The molecule has 1 saturated carbocycles. The molecule has 1 aliphatic rings. The van der Waals surface area contributed by atoms with Crippen LogP contribution in [0.1, 0.15) is 45.3 Å². The number of nitrogens with zero attached hydrogens (tertiary/aromatic N) is 4. The average molecular weight is 397 g/mol. The Balaban J connectivity index is 2.16. The molecule has 2 heterocycles. The maximum Gasteiger partial charge on any atom is 0.180 e. The summed E-state index contributed by atoms with van der Waals surface area (Å²) in [6.07, 6.45) is 6.20. The third-order valence-corrected chi connectivity index (χ3v) is 4.66. The summed E-state index contributed by atoms with van der Waals surface area (Å²) in [5.41, 5.74) is 2.06. The average Bonchev–Trinajstić information content (AvgIpc) is 3.15. The van der Waals surface area contributed by atoms with E-state index in [9.17, 15) is 0 Å². The zero-order valence-electron chi connectivity index (χ0n) is 12.8. The van der Waals surface area contributed by atoms with Gasteiger partial charge in [-0.1, -0.05) is 20.8 Å². The second-order valence-electron chi connectivity index (χ2n) is 6.48. The molecule has 0 unspecified atom stereocenters. The van der Waals surface area contributed by atoms with E-state index in [0.717, 1.165) is 26.6 Å². The lowest BCUT2D eigenvalue weighted by molar-refractivity contribution is 0.563. The number of imidazole rings is 1. The van der Waals surface area contributed by atoms with Crippen molar-refractivity contribution in [1.29, 1.82) is 0 Å². The summed E-state index contributed by atoms with van der Waals surface area (Å²) >= 11 is 2.33. The fraction of sp³-hybridized carbons (Fsp3) is 0.533. The molecule has 0 bridgehead atoms. The topological polar surface area (TPSA) is 55.6 Å². The van der Waals surface area contributed by atoms with E-state index in [2.05, 4.69) is 63.2 Å². The third kappa shape index (κ3) is 2.77. The van der Waals surface area contributed by atoms with E-state index in [-0.39, 0.29) is 5.41 Å². The van der Waals surface area contributed by atoms with Crippen LogP contribution in [0.2, 0.25) is 0 Å². The highest BCUT2D eigenvalue weighted by atomic mass is 127. The molecule has 2 aromatic rings. The molecule has 0 spiro atoms. The summed E-state index contributed by atoms with van der Waals surface area (Å²) < 4.78 is 3.29. The van der Waals surface area contributed by atoms with Crippen LogP contribution in [0.3, 0.4) is 0 Å². The Kier molecular flexibility index (Phi) is 3.67. The Morgan fingerprint density at radius 1 is 1.29 bits per heavy atom. The van der Waals surface area contributed by atoms with Crippen LogP contribution < -0.4 is 5.32 Å². The SMILES string of the molecule is CNc1nc(-c2cncn2C2CC2)nc(C(C)(C)C)c1I. The van der Waals surface area contributed by atoms with E-state index < -0.39 is 0 Å². The molecular formula is C15H20IN5. The van der Waals surface area contributed by atoms with Crippen molar-refractivity contribution in [2.24, 2.45) is 0 Å². The molecule has 1 fully saturated rings. The van der Waals surface area contributed by atoms with Crippen LogP contribution in [0.15, 0.2) is 12.5 Å². The minimum atomic E-state index is -0.0236. The molecule has 0 aromatic carbocycles. The Morgan fingerprint density at radius 3 is 2.57 bits per heavy atom. The molecule has 0 atom stereocenters. The highest BCUT2D eigenvalue weighted by Crippen LogP contribution is 2.38. The van der Waals surface area contributed by atoms with Gasteiger partial charge in [0.1, 0.15) is 11.5 Å². The van der Waals surface area contributed by atoms with E-state index in [1.54, 1.807) is 0 Å². The van der Waals surface area contributed by atoms with Crippen molar-refractivity contribution < 1.29 is 0 Å². The second-order valence-corrected chi connectivity index (χ2v) is 7.55. The molecule has 5 nitrogen and oxygen atoms in total. The molecule has 112 valence electrons. The first-order valence-corrected chi connectivity index (χ1v) is 8.27. The predicted octanol–water partition coefficient (Wildman–Crippen LogP) is 3.62. The lowest BCUT2D eigenvalue weighted by Gasteiger charge is -2.22. The molecular weight excluding hydrogens is 377 g/mol. The summed E-state index contributed by atoms with van der Waals surface area (Å²) in [6.45, 7) is 6.54. The molecule has 3 rings (SSSR count). The summed E-state index contributed by atoms with van der Waals surface area (Å²) in [7, 11) is 1.90. The number of rotatable bonds is 3. The van der Waals surface area contributed by atoms with Gasteiger partial charge in [0, 0.05) is 18.5 Å². The first-order valence-electron chi connectivity index (χ1n) is 7.19. The molecule has 0 aliphatic heterocycles. The number of anilines is 1. The maximum atomic E-state index is 4.85. The Morgan fingerprint density at radius 2 is 2.00 bits per heavy atom. The van der Waals surface area contributed by atoms with E-state index in [1.165, 1.54) is 12.8 Å². The number of halogens is 1. The summed E-state index contributed by atoms with van der Waals surface area (Å²) in [5, 5.41) is 3.19. The molecule has 6 heteroatoms. The summed E-state index contributed by atoms with van der Waals surface area (Å²) in [5.74, 6) is 1.64. The maximum absolute atomic E-state index is 4.85. The van der Waals surface area contributed by atoms with Gasteiger partial charge in [-0.15, -0.1) is 0 Å². The smallest absolute Gasteiger partial charge is 0.180 e. The van der Waals surface area contributed by atoms with Gasteiger partial charge in [0.2, 0.25) is 0 Å². The number of aromatic nitrogens is 4. The molecule has 21 heavy (non-hydrogen) atoms. The Hall–Kier alpha value is -1.18. The van der Waals surface area contributed by atoms with Crippen molar-refractivity contribution in [2.75, 3.05) is 12.4 Å². The highest BCUT2D eigenvalue weighted by Gasteiger charge is 2.28. The Labute approximate surface area is 138 Å². The minimum absolute atomic E-state index is 0.0236. The van der Waals surface area contributed by atoms with Crippen molar-refractivity contribution in [3.63, 3.8) is 0 Å². The standard InChI is InChI=1S/C15H20IN5/c1-15(2,3)12-11(16)14(17-4)20-13(19-12)10-7-18-8-21(10)9-5-6-9/h7-9H,5-6H2,1-4H3,(H,17,19,20). The Bertz CT molecular complexity index is 667. The third-order valence-electron chi connectivity index (χ3n) is 3.63. The van der Waals surface area contributed by atoms with E-state index in [0.29, 0.717) is 6.04 Å². The van der Waals surface area contributed by atoms with E-state index in [4.69, 9.17) is 4.98 Å². The van der Waals surface area contributed by atoms with Crippen LogP contribution in [0.5, 0.6) is 0 Å². The van der Waals surface area contributed by atoms with Gasteiger partial charge < -0.3 is 9.88 Å². The molecule has 0 saturated heterocycles. The molecule has 2 aromatic heterocycles. The zero-order chi connectivity index (χ0) is 15.2. The van der Waals surface area contributed by atoms with Gasteiger partial charge in [-0.3, -0.25) is 0 Å². The molecule has 1 N–H and O–H groups in total. The minimum Gasteiger partial charge on any atom is -0.372 e. The van der Waals surface area contributed by atoms with Gasteiger partial charge in [0.25, 0.3) is 0 Å². The first-order chi connectivity index (χ1) is 9.91.